The first-order chi connectivity index (χ1) is 9.91. The van der Waals surface area contributed by atoms with Gasteiger partial charge in [-0.2, -0.15) is 13.2 Å². The summed E-state index contributed by atoms with van der Waals surface area (Å²) in [6.07, 6.45) is -4.35. The van der Waals surface area contributed by atoms with Crippen LogP contribution >= 0.6 is 11.6 Å². The predicted octanol–water partition coefficient (Wildman–Crippen LogP) is 4.43. The number of aliphatic hydroxyl groups is 1. The highest BCUT2D eigenvalue weighted by Gasteiger charge is 2.29. The average molecular weight is 317 g/mol. The molecule has 0 saturated carbocycles. The highest BCUT2D eigenvalue weighted by Crippen LogP contribution is 2.30. The van der Waals surface area contributed by atoms with Crippen molar-refractivity contribution in [1.29, 1.82) is 0 Å². The maximum atomic E-state index is 12.4. The van der Waals surface area contributed by atoms with Crippen molar-refractivity contribution in [3.8, 4) is 5.75 Å². The van der Waals surface area contributed by atoms with Gasteiger partial charge in [-0.1, -0.05) is 29.8 Å². The van der Waals surface area contributed by atoms with Gasteiger partial charge in [0.15, 0.2) is 0 Å². The van der Waals surface area contributed by atoms with E-state index in [4.69, 9.17) is 16.3 Å². The van der Waals surface area contributed by atoms with Crippen LogP contribution in [0.1, 0.15) is 16.7 Å². The second-order valence-corrected chi connectivity index (χ2v) is 4.77. The molecule has 2 nitrogen and oxygen atoms in total. The Morgan fingerprint density at radius 1 is 1.05 bits per heavy atom. The number of rotatable bonds is 4. The van der Waals surface area contributed by atoms with Gasteiger partial charge in [0, 0.05) is 10.6 Å². The average Bonchev–Trinajstić information content (AvgIpc) is 2.44. The molecule has 0 aliphatic heterocycles. The van der Waals surface area contributed by atoms with Gasteiger partial charge in [0.25, 0.3) is 0 Å². The maximum absolute atomic E-state index is 12.4. The van der Waals surface area contributed by atoms with Gasteiger partial charge in [-0.05, 0) is 29.8 Å². The van der Waals surface area contributed by atoms with E-state index in [1.54, 1.807) is 18.2 Å². The molecule has 2 aromatic carbocycles. The van der Waals surface area contributed by atoms with Crippen molar-refractivity contribution in [2.45, 2.75) is 19.4 Å². The molecule has 0 amide bonds. The number of hydrogen-bond acceptors (Lipinski definition) is 2. The molecule has 112 valence electrons. The summed E-state index contributed by atoms with van der Waals surface area (Å²) in [5, 5.41) is 9.61. The van der Waals surface area contributed by atoms with E-state index in [1.807, 2.05) is 0 Å². The lowest BCUT2D eigenvalue weighted by molar-refractivity contribution is -0.137. The quantitative estimate of drug-likeness (QED) is 0.904. The van der Waals surface area contributed by atoms with Gasteiger partial charge in [-0.3, -0.25) is 0 Å². The minimum absolute atomic E-state index is 0.0888. The van der Waals surface area contributed by atoms with Crippen LogP contribution in [0.25, 0.3) is 0 Å². The monoisotopic (exact) mass is 316 g/mol. The third-order valence-electron chi connectivity index (χ3n) is 2.91. The summed E-state index contributed by atoms with van der Waals surface area (Å²) in [6.45, 7) is -0.187. The highest BCUT2D eigenvalue weighted by atomic mass is 35.5. The summed E-state index contributed by atoms with van der Waals surface area (Å²) in [4.78, 5) is 0. The molecule has 0 heterocycles. The molecule has 6 heteroatoms. The molecule has 0 radical (unpaired) electrons. The van der Waals surface area contributed by atoms with Gasteiger partial charge in [0.1, 0.15) is 12.4 Å². The van der Waals surface area contributed by atoms with Crippen LogP contribution in [0.3, 0.4) is 0 Å². The van der Waals surface area contributed by atoms with Crippen LogP contribution in [0.4, 0.5) is 13.2 Å². The standard InChI is InChI=1S/C15H12ClF3O2/c16-13-2-1-3-14(12(13)8-20)21-9-10-4-6-11(7-5-10)15(17,18)19/h1-7,20H,8-9H2. The Hall–Kier alpha value is -1.72. The third kappa shape index (κ3) is 3.89. The van der Waals surface area contributed by atoms with E-state index in [2.05, 4.69) is 0 Å². The smallest absolute Gasteiger partial charge is 0.416 e. The van der Waals surface area contributed by atoms with Crippen molar-refractivity contribution in [1.82, 2.24) is 0 Å². The number of halogens is 4. The summed E-state index contributed by atoms with van der Waals surface area (Å²) in [6, 6.07) is 9.65. The molecule has 1 N–H and O–H groups in total. The highest BCUT2D eigenvalue weighted by molar-refractivity contribution is 6.31. The fraction of sp³-hybridized carbons (Fsp3) is 0.200. The number of alkyl halides is 3. The lowest BCUT2D eigenvalue weighted by atomic mass is 10.1. The van der Waals surface area contributed by atoms with Crippen molar-refractivity contribution in [2.24, 2.45) is 0 Å². The van der Waals surface area contributed by atoms with Gasteiger partial charge in [0.05, 0.1) is 12.2 Å². The van der Waals surface area contributed by atoms with Crippen LogP contribution in [-0.2, 0) is 19.4 Å². The third-order valence-corrected chi connectivity index (χ3v) is 3.26. The molecule has 0 aliphatic carbocycles. The second-order valence-electron chi connectivity index (χ2n) is 4.36. The number of ether oxygens (including phenoxy) is 1. The zero-order chi connectivity index (χ0) is 15.5. The Morgan fingerprint density at radius 2 is 1.71 bits per heavy atom. The summed E-state index contributed by atoms with van der Waals surface area (Å²) >= 11 is 5.92. The number of aliphatic hydroxyl groups excluding tert-OH is 1. The molecule has 21 heavy (non-hydrogen) atoms. The van der Waals surface area contributed by atoms with Crippen molar-refractivity contribution >= 4 is 11.6 Å². The Morgan fingerprint density at radius 3 is 2.29 bits per heavy atom. The Balaban J connectivity index is 2.09. The van der Waals surface area contributed by atoms with Crippen LogP contribution in [0.15, 0.2) is 42.5 Å². The Labute approximate surface area is 124 Å². The maximum Gasteiger partial charge on any atom is 0.416 e. The number of hydrogen-bond donors (Lipinski definition) is 1. The molecule has 0 fully saturated rings. The zero-order valence-electron chi connectivity index (χ0n) is 10.8. The van der Waals surface area contributed by atoms with E-state index >= 15 is 0 Å². The first-order valence-electron chi connectivity index (χ1n) is 6.09. The topological polar surface area (TPSA) is 29.5 Å². The SMILES string of the molecule is OCc1c(Cl)cccc1OCc1ccc(C(F)(F)F)cc1. The van der Waals surface area contributed by atoms with Gasteiger partial charge >= 0.3 is 6.18 Å². The molecule has 0 aliphatic rings. The van der Waals surface area contributed by atoms with Crippen molar-refractivity contribution in [3.63, 3.8) is 0 Å². The van der Waals surface area contributed by atoms with Gasteiger partial charge in [0.2, 0.25) is 0 Å². The molecule has 0 unspecified atom stereocenters. The molecule has 0 bridgehead atoms. The van der Waals surface area contributed by atoms with E-state index in [9.17, 15) is 18.3 Å². The summed E-state index contributed by atoms with van der Waals surface area (Å²) < 4.78 is 42.8. The van der Waals surface area contributed by atoms with Gasteiger partial charge in [-0.15, -0.1) is 0 Å². The predicted molar refractivity (Wildman–Crippen MR) is 73.2 cm³/mol. The van der Waals surface area contributed by atoms with Gasteiger partial charge < -0.3 is 9.84 Å². The van der Waals surface area contributed by atoms with Crippen molar-refractivity contribution in [2.75, 3.05) is 0 Å². The second kappa shape index (κ2) is 6.37. The lowest BCUT2D eigenvalue weighted by Crippen LogP contribution is -2.05. The minimum atomic E-state index is -4.35. The van der Waals surface area contributed by atoms with E-state index in [0.29, 0.717) is 21.9 Å². The largest absolute Gasteiger partial charge is 0.488 e. The molecule has 0 saturated heterocycles. The minimum Gasteiger partial charge on any atom is -0.488 e. The van der Waals surface area contributed by atoms with Crippen LogP contribution < -0.4 is 4.74 Å². The zero-order valence-corrected chi connectivity index (χ0v) is 11.6. The Kier molecular flexibility index (Phi) is 4.75. The fourth-order valence-corrected chi connectivity index (χ4v) is 2.00. The van der Waals surface area contributed by atoms with Crippen molar-refractivity contribution in [3.05, 3.63) is 64.2 Å². The molecule has 0 atom stereocenters. The summed E-state index contributed by atoms with van der Waals surface area (Å²) in [5.41, 5.74) is 0.336. The summed E-state index contributed by atoms with van der Waals surface area (Å²) in [5.74, 6) is 0.407. The first kappa shape index (κ1) is 15.7. The van der Waals surface area contributed by atoms with E-state index in [0.717, 1.165) is 12.1 Å². The van der Waals surface area contributed by atoms with E-state index in [-0.39, 0.29) is 13.2 Å². The van der Waals surface area contributed by atoms with Crippen molar-refractivity contribution < 1.29 is 23.0 Å². The van der Waals surface area contributed by atoms with E-state index < -0.39 is 11.7 Å². The van der Waals surface area contributed by atoms with Gasteiger partial charge in [-0.25, -0.2) is 0 Å². The molecule has 2 rings (SSSR count). The lowest BCUT2D eigenvalue weighted by Gasteiger charge is -2.12. The molecule has 2 aromatic rings. The molecule has 0 spiro atoms. The van der Waals surface area contributed by atoms with E-state index in [1.165, 1.54) is 12.1 Å². The molecular weight excluding hydrogens is 305 g/mol. The Bertz CT molecular complexity index is 609. The number of benzene rings is 2. The van der Waals surface area contributed by atoms with Crippen LogP contribution in [0, 0.1) is 0 Å². The van der Waals surface area contributed by atoms with Crippen LogP contribution in [-0.4, -0.2) is 5.11 Å². The molecule has 0 aromatic heterocycles. The van der Waals surface area contributed by atoms with Crippen LogP contribution in [0.5, 0.6) is 5.75 Å². The normalized spacial score (nSPS) is 11.5. The summed E-state index contributed by atoms with van der Waals surface area (Å²) in [7, 11) is 0. The fourth-order valence-electron chi connectivity index (χ4n) is 1.78. The van der Waals surface area contributed by atoms with Crippen LogP contribution in [0.2, 0.25) is 5.02 Å². The first-order valence-corrected chi connectivity index (χ1v) is 6.47. The molecular formula is C15H12ClF3O2.